The fourth-order valence-corrected chi connectivity index (χ4v) is 2.86. The van der Waals surface area contributed by atoms with Crippen LogP contribution in [-0.4, -0.2) is 50.3 Å². The van der Waals surface area contributed by atoms with Crippen LogP contribution in [0, 0.1) is 5.92 Å². The highest BCUT2D eigenvalue weighted by Gasteiger charge is 2.20. The minimum Gasteiger partial charge on any atom is -0.378 e. The number of nitrogens with zero attached hydrogens (tertiary/aromatic N) is 1. The quantitative estimate of drug-likeness (QED) is 0.768. The van der Waals surface area contributed by atoms with Crippen molar-refractivity contribution in [3.8, 4) is 0 Å². The third-order valence-electron chi connectivity index (χ3n) is 3.95. The second-order valence-electron chi connectivity index (χ2n) is 5.14. The van der Waals surface area contributed by atoms with E-state index in [1.807, 2.05) is 0 Å². The molecule has 2 aliphatic heterocycles. The van der Waals surface area contributed by atoms with Gasteiger partial charge in [0, 0.05) is 19.7 Å². The maximum Gasteiger partial charge on any atom is 0.0599 e. The highest BCUT2D eigenvalue weighted by molar-refractivity contribution is 4.76. The number of likely N-dealkylation sites (tertiary alicyclic amines) is 1. The zero-order valence-corrected chi connectivity index (χ0v) is 10.6. The van der Waals surface area contributed by atoms with Gasteiger partial charge in [-0.15, -0.1) is 0 Å². The molecule has 0 aromatic heterocycles. The summed E-state index contributed by atoms with van der Waals surface area (Å²) in [6, 6.07) is 0. The lowest BCUT2D eigenvalue weighted by Gasteiger charge is -2.32. The van der Waals surface area contributed by atoms with Gasteiger partial charge in [0.05, 0.1) is 6.10 Å². The summed E-state index contributed by atoms with van der Waals surface area (Å²) < 4.78 is 5.67. The average Bonchev–Trinajstić information content (AvgIpc) is 2.82. The van der Waals surface area contributed by atoms with Crippen molar-refractivity contribution in [3.63, 3.8) is 0 Å². The van der Waals surface area contributed by atoms with Gasteiger partial charge in [0.1, 0.15) is 0 Å². The molecule has 2 heterocycles. The zero-order chi connectivity index (χ0) is 11.2. The molecular weight excluding hydrogens is 200 g/mol. The second-order valence-corrected chi connectivity index (χ2v) is 5.14. The van der Waals surface area contributed by atoms with Gasteiger partial charge in [-0.1, -0.05) is 0 Å². The van der Waals surface area contributed by atoms with Gasteiger partial charge >= 0.3 is 0 Å². The minimum absolute atomic E-state index is 0.536. The molecule has 0 aliphatic carbocycles. The Labute approximate surface area is 99.5 Å². The van der Waals surface area contributed by atoms with E-state index in [1.54, 1.807) is 0 Å². The fraction of sp³-hybridized carbons (Fsp3) is 1.00. The van der Waals surface area contributed by atoms with Gasteiger partial charge in [-0.05, 0) is 58.2 Å². The van der Waals surface area contributed by atoms with Crippen LogP contribution in [0.15, 0.2) is 0 Å². The van der Waals surface area contributed by atoms with Crippen molar-refractivity contribution in [1.29, 1.82) is 0 Å². The summed E-state index contributed by atoms with van der Waals surface area (Å²) in [5, 5.41) is 3.45. The number of hydrogen-bond donors (Lipinski definition) is 1. The van der Waals surface area contributed by atoms with Gasteiger partial charge in [-0.3, -0.25) is 0 Å². The molecule has 1 unspecified atom stereocenters. The van der Waals surface area contributed by atoms with Crippen molar-refractivity contribution >= 4 is 0 Å². The van der Waals surface area contributed by atoms with Crippen LogP contribution < -0.4 is 5.32 Å². The molecule has 0 bridgehead atoms. The summed E-state index contributed by atoms with van der Waals surface area (Å²) in [5.41, 5.74) is 0. The number of nitrogens with one attached hydrogen (secondary N) is 1. The van der Waals surface area contributed by atoms with Crippen LogP contribution in [0.2, 0.25) is 0 Å². The van der Waals surface area contributed by atoms with Crippen LogP contribution in [0.25, 0.3) is 0 Å². The van der Waals surface area contributed by atoms with Crippen molar-refractivity contribution in [2.45, 2.75) is 38.7 Å². The molecule has 0 spiro atoms. The lowest BCUT2D eigenvalue weighted by Crippen LogP contribution is -2.38. The second kappa shape index (κ2) is 6.58. The van der Waals surface area contributed by atoms with E-state index in [4.69, 9.17) is 4.74 Å². The number of rotatable bonds is 5. The molecule has 2 aliphatic rings. The first-order valence-corrected chi connectivity index (χ1v) is 6.93. The number of ether oxygens (including phenoxy) is 1. The maximum absolute atomic E-state index is 5.67. The van der Waals surface area contributed by atoms with E-state index < -0.39 is 0 Å². The average molecular weight is 226 g/mol. The first-order chi connectivity index (χ1) is 7.88. The molecule has 0 aromatic carbocycles. The third-order valence-corrected chi connectivity index (χ3v) is 3.95. The fourth-order valence-electron chi connectivity index (χ4n) is 2.86. The highest BCUT2D eigenvalue weighted by Crippen LogP contribution is 2.17. The molecule has 2 fully saturated rings. The van der Waals surface area contributed by atoms with E-state index in [2.05, 4.69) is 17.1 Å². The smallest absolute Gasteiger partial charge is 0.0599 e. The predicted molar refractivity (Wildman–Crippen MR) is 66.7 cm³/mol. The van der Waals surface area contributed by atoms with Crippen LogP contribution in [0.1, 0.15) is 32.6 Å². The molecular formula is C13H26N2O. The van der Waals surface area contributed by atoms with Crippen molar-refractivity contribution in [2.75, 3.05) is 39.3 Å². The summed E-state index contributed by atoms with van der Waals surface area (Å²) in [6.45, 7) is 9.23. The zero-order valence-electron chi connectivity index (χ0n) is 10.6. The molecule has 0 saturated carbocycles. The first kappa shape index (κ1) is 12.3. The van der Waals surface area contributed by atoms with Crippen LogP contribution in [-0.2, 0) is 4.74 Å². The van der Waals surface area contributed by atoms with Crippen LogP contribution >= 0.6 is 0 Å². The van der Waals surface area contributed by atoms with E-state index in [9.17, 15) is 0 Å². The topological polar surface area (TPSA) is 24.5 Å². The Balaban J connectivity index is 1.57. The molecule has 3 nitrogen and oxygen atoms in total. The molecule has 2 rings (SSSR count). The van der Waals surface area contributed by atoms with E-state index in [0.29, 0.717) is 6.10 Å². The van der Waals surface area contributed by atoms with E-state index in [0.717, 1.165) is 12.5 Å². The van der Waals surface area contributed by atoms with Gasteiger partial charge in [0.2, 0.25) is 0 Å². The predicted octanol–water partition coefficient (Wildman–Crippen LogP) is 1.49. The monoisotopic (exact) mass is 226 g/mol. The molecule has 0 radical (unpaired) electrons. The summed E-state index contributed by atoms with van der Waals surface area (Å²) in [4.78, 5) is 2.62. The largest absolute Gasteiger partial charge is 0.378 e. The molecule has 1 N–H and O–H groups in total. The van der Waals surface area contributed by atoms with Crippen LogP contribution in [0.4, 0.5) is 0 Å². The lowest BCUT2D eigenvalue weighted by molar-refractivity contribution is 0.0134. The Morgan fingerprint density at radius 2 is 2.06 bits per heavy atom. The molecule has 3 heteroatoms. The molecule has 0 amide bonds. The van der Waals surface area contributed by atoms with Gasteiger partial charge in [0.25, 0.3) is 0 Å². The maximum atomic E-state index is 5.67. The Hall–Kier alpha value is -0.120. The molecule has 2 saturated heterocycles. The number of hydrogen-bond acceptors (Lipinski definition) is 3. The Morgan fingerprint density at radius 3 is 2.69 bits per heavy atom. The minimum atomic E-state index is 0.536. The van der Waals surface area contributed by atoms with E-state index in [1.165, 1.54) is 58.4 Å². The molecule has 0 aromatic rings. The van der Waals surface area contributed by atoms with Gasteiger partial charge < -0.3 is 15.0 Å². The van der Waals surface area contributed by atoms with Crippen LogP contribution in [0.3, 0.4) is 0 Å². The lowest BCUT2D eigenvalue weighted by atomic mass is 10.0. The Morgan fingerprint density at radius 1 is 1.25 bits per heavy atom. The summed E-state index contributed by atoms with van der Waals surface area (Å²) in [5.74, 6) is 0.935. The standard InChI is InChI=1S/C13H26N2O/c1-2-16-13-5-9-15(10-6-13)8-4-12-3-7-14-11-12/h12-14H,2-11H2,1H3. The molecule has 94 valence electrons. The van der Waals surface area contributed by atoms with Crippen molar-refractivity contribution < 1.29 is 4.74 Å². The Kier molecular flexibility index (Phi) is 5.07. The summed E-state index contributed by atoms with van der Waals surface area (Å²) in [7, 11) is 0. The van der Waals surface area contributed by atoms with Gasteiger partial charge in [-0.25, -0.2) is 0 Å². The van der Waals surface area contributed by atoms with Gasteiger partial charge in [-0.2, -0.15) is 0 Å². The Bertz CT molecular complexity index is 184. The van der Waals surface area contributed by atoms with Gasteiger partial charge in [0.15, 0.2) is 0 Å². The SMILES string of the molecule is CCOC1CCN(CCC2CCNC2)CC1. The van der Waals surface area contributed by atoms with Crippen molar-refractivity contribution in [3.05, 3.63) is 0 Å². The van der Waals surface area contributed by atoms with Crippen molar-refractivity contribution in [2.24, 2.45) is 5.92 Å². The molecule has 16 heavy (non-hydrogen) atoms. The third kappa shape index (κ3) is 3.72. The van der Waals surface area contributed by atoms with Crippen molar-refractivity contribution in [1.82, 2.24) is 10.2 Å². The summed E-state index contributed by atoms with van der Waals surface area (Å²) >= 11 is 0. The molecule has 1 atom stereocenters. The normalized spacial score (nSPS) is 28.7. The number of piperidine rings is 1. The van der Waals surface area contributed by atoms with E-state index >= 15 is 0 Å². The first-order valence-electron chi connectivity index (χ1n) is 6.93. The van der Waals surface area contributed by atoms with E-state index in [-0.39, 0.29) is 0 Å². The summed E-state index contributed by atoms with van der Waals surface area (Å²) in [6.07, 6.45) is 5.77. The van der Waals surface area contributed by atoms with Crippen LogP contribution in [0.5, 0.6) is 0 Å². The highest BCUT2D eigenvalue weighted by atomic mass is 16.5.